The van der Waals surface area contributed by atoms with E-state index in [1.165, 1.54) is 31.8 Å². The van der Waals surface area contributed by atoms with Crippen LogP contribution in [-0.2, 0) is 0 Å². The molecular formula is C13H24N2. The molecule has 0 unspecified atom stereocenters. The average molecular weight is 208 g/mol. The monoisotopic (exact) mass is 208 g/mol. The van der Waals surface area contributed by atoms with Gasteiger partial charge in [-0.1, -0.05) is 12.2 Å². The molecule has 86 valence electrons. The molecule has 0 saturated carbocycles. The first-order valence-electron chi connectivity index (χ1n) is 6.16. The van der Waals surface area contributed by atoms with Crippen LogP contribution >= 0.6 is 0 Å². The fourth-order valence-corrected chi connectivity index (χ4v) is 2.09. The lowest BCUT2D eigenvalue weighted by molar-refractivity contribution is 0.251. The molecule has 2 nitrogen and oxygen atoms in total. The van der Waals surface area contributed by atoms with E-state index in [4.69, 9.17) is 0 Å². The van der Waals surface area contributed by atoms with Gasteiger partial charge in [0.05, 0.1) is 0 Å². The lowest BCUT2D eigenvalue weighted by Crippen LogP contribution is -2.33. The summed E-state index contributed by atoms with van der Waals surface area (Å²) in [5, 5.41) is 0. The first-order valence-corrected chi connectivity index (χ1v) is 6.16. The molecule has 0 spiro atoms. The minimum absolute atomic E-state index is 1.09. The van der Waals surface area contributed by atoms with Crippen LogP contribution in [0.4, 0.5) is 0 Å². The van der Waals surface area contributed by atoms with Crippen molar-refractivity contribution in [3.63, 3.8) is 0 Å². The summed E-state index contributed by atoms with van der Waals surface area (Å²) in [6.07, 6.45) is 9.17. The third-order valence-corrected chi connectivity index (χ3v) is 2.96. The third kappa shape index (κ3) is 3.29. The van der Waals surface area contributed by atoms with Crippen molar-refractivity contribution in [2.24, 2.45) is 0 Å². The summed E-state index contributed by atoms with van der Waals surface area (Å²) in [7, 11) is 0. The van der Waals surface area contributed by atoms with Gasteiger partial charge in [-0.3, -0.25) is 0 Å². The number of nitrogens with zero attached hydrogens (tertiary/aromatic N) is 2. The first kappa shape index (κ1) is 12.2. The quantitative estimate of drug-likeness (QED) is 0.641. The lowest BCUT2D eigenvalue weighted by Gasteiger charge is -2.31. The van der Waals surface area contributed by atoms with Crippen molar-refractivity contribution in [2.75, 3.05) is 26.2 Å². The van der Waals surface area contributed by atoms with E-state index in [1.54, 1.807) is 0 Å². The van der Waals surface area contributed by atoms with Crippen molar-refractivity contribution in [3.8, 4) is 0 Å². The summed E-state index contributed by atoms with van der Waals surface area (Å²) in [4.78, 5) is 4.94. The number of likely N-dealkylation sites (tertiary alicyclic amines) is 1. The SMILES string of the molecule is C/C=C/C=C(\N(CC)CC)N1CCCC1. The number of rotatable bonds is 5. The van der Waals surface area contributed by atoms with Crippen LogP contribution in [0.5, 0.6) is 0 Å². The molecule has 1 aliphatic heterocycles. The molecule has 0 aromatic rings. The van der Waals surface area contributed by atoms with Gasteiger partial charge in [0.15, 0.2) is 0 Å². The highest BCUT2D eigenvalue weighted by molar-refractivity contribution is 5.11. The van der Waals surface area contributed by atoms with Gasteiger partial charge in [-0.05, 0) is 39.7 Å². The second-order valence-corrected chi connectivity index (χ2v) is 3.92. The number of hydrogen-bond acceptors (Lipinski definition) is 2. The summed E-state index contributed by atoms with van der Waals surface area (Å²) < 4.78 is 0. The standard InChI is InChI=1S/C13H24N2/c1-4-7-10-13(14(5-2)6-3)15-11-8-9-12-15/h4,7,10H,5-6,8-9,11-12H2,1-3H3/b7-4+,13-10+. The molecule has 15 heavy (non-hydrogen) atoms. The van der Waals surface area contributed by atoms with Crippen molar-refractivity contribution in [2.45, 2.75) is 33.6 Å². The number of allylic oxidation sites excluding steroid dienone is 3. The van der Waals surface area contributed by atoms with Crippen LogP contribution in [0.2, 0.25) is 0 Å². The Labute approximate surface area is 94.3 Å². The van der Waals surface area contributed by atoms with E-state index in [0.29, 0.717) is 0 Å². The predicted octanol–water partition coefficient (Wildman–Crippen LogP) is 2.84. The van der Waals surface area contributed by atoms with E-state index >= 15 is 0 Å². The molecule has 0 amide bonds. The maximum Gasteiger partial charge on any atom is 0.104 e. The lowest BCUT2D eigenvalue weighted by atomic mass is 10.4. The summed E-state index contributed by atoms with van der Waals surface area (Å²) in [5.74, 6) is 1.40. The van der Waals surface area contributed by atoms with Crippen LogP contribution in [0.1, 0.15) is 33.6 Å². The zero-order valence-electron chi connectivity index (χ0n) is 10.4. The second kappa shape index (κ2) is 6.54. The van der Waals surface area contributed by atoms with Crippen molar-refractivity contribution in [1.82, 2.24) is 9.80 Å². The molecule has 1 fully saturated rings. The molecule has 1 aliphatic rings. The highest BCUT2D eigenvalue weighted by Gasteiger charge is 2.17. The Bertz CT molecular complexity index is 217. The molecular weight excluding hydrogens is 184 g/mol. The van der Waals surface area contributed by atoms with Gasteiger partial charge in [0.1, 0.15) is 5.82 Å². The molecule has 0 atom stereocenters. The Hall–Kier alpha value is -0.920. The Balaban J connectivity index is 2.75. The second-order valence-electron chi connectivity index (χ2n) is 3.92. The minimum atomic E-state index is 1.09. The summed E-state index contributed by atoms with van der Waals surface area (Å²) in [6, 6.07) is 0. The molecule has 0 radical (unpaired) electrons. The maximum absolute atomic E-state index is 2.51. The van der Waals surface area contributed by atoms with Gasteiger partial charge >= 0.3 is 0 Å². The Morgan fingerprint density at radius 1 is 1.20 bits per heavy atom. The minimum Gasteiger partial charge on any atom is -0.359 e. The fraction of sp³-hybridized carbons (Fsp3) is 0.692. The van der Waals surface area contributed by atoms with Crippen LogP contribution in [0.25, 0.3) is 0 Å². The molecule has 0 aromatic carbocycles. The zero-order valence-corrected chi connectivity index (χ0v) is 10.4. The van der Waals surface area contributed by atoms with Gasteiger partial charge in [-0.25, -0.2) is 0 Å². The van der Waals surface area contributed by atoms with Crippen LogP contribution in [0.3, 0.4) is 0 Å². The van der Waals surface area contributed by atoms with Gasteiger partial charge in [-0.15, -0.1) is 0 Å². The molecule has 0 bridgehead atoms. The van der Waals surface area contributed by atoms with Crippen molar-refractivity contribution in [1.29, 1.82) is 0 Å². The Morgan fingerprint density at radius 3 is 2.27 bits per heavy atom. The van der Waals surface area contributed by atoms with Gasteiger partial charge in [-0.2, -0.15) is 0 Å². The molecule has 1 saturated heterocycles. The molecule has 1 rings (SSSR count). The van der Waals surface area contributed by atoms with Gasteiger partial charge < -0.3 is 9.80 Å². The van der Waals surface area contributed by atoms with Gasteiger partial charge in [0.2, 0.25) is 0 Å². The van der Waals surface area contributed by atoms with Gasteiger partial charge in [0, 0.05) is 26.2 Å². The van der Waals surface area contributed by atoms with E-state index in [2.05, 4.69) is 48.8 Å². The smallest absolute Gasteiger partial charge is 0.104 e. The molecule has 1 heterocycles. The molecule has 0 aromatic heterocycles. The van der Waals surface area contributed by atoms with E-state index in [1.807, 2.05) is 0 Å². The van der Waals surface area contributed by atoms with Crippen molar-refractivity contribution >= 4 is 0 Å². The predicted molar refractivity (Wildman–Crippen MR) is 66.6 cm³/mol. The maximum atomic E-state index is 2.51. The third-order valence-electron chi connectivity index (χ3n) is 2.96. The largest absolute Gasteiger partial charge is 0.359 e. The van der Waals surface area contributed by atoms with E-state index in [0.717, 1.165) is 13.1 Å². The van der Waals surface area contributed by atoms with Crippen LogP contribution in [0, 0.1) is 0 Å². The molecule has 2 heteroatoms. The summed E-state index contributed by atoms with van der Waals surface area (Å²) in [5.41, 5.74) is 0. The topological polar surface area (TPSA) is 6.48 Å². The van der Waals surface area contributed by atoms with E-state index in [9.17, 15) is 0 Å². The first-order chi connectivity index (χ1) is 7.33. The normalized spacial score (nSPS) is 17.8. The summed E-state index contributed by atoms with van der Waals surface area (Å²) >= 11 is 0. The molecule has 0 N–H and O–H groups in total. The fourth-order valence-electron chi connectivity index (χ4n) is 2.09. The van der Waals surface area contributed by atoms with Crippen LogP contribution in [-0.4, -0.2) is 36.0 Å². The van der Waals surface area contributed by atoms with Gasteiger partial charge in [0.25, 0.3) is 0 Å². The van der Waals surface area contributed by atoms with E-state index in [-0.39, 0.29) is 0 Å². The zero-order chi connectivity index (χ0) is 11.1. The average Bonchev–Trinajstić information content (AvgIpc) is 2.77. The highest BCUT2D eigenvalue weighted by Crippen LogP contribution is 2.17. The van der Waals surface area contributed by atoms with Crippen molar-refractivity contribution < 1.29 is 0 Å². The van der Waals surface area contributed by atoms with Crippen molar-refractivity contribution in [3.05, 3.63) is 24.0 Å². The highest BCUT2D eigenvalue weighted by atomic mass is 15.3. The summed E-state index contributed by atoms with van der Waals surface area (Å²) in [6.45, 7) is 11.2. The Kier molecular flexibility index (Phi) is 5.30. The van der Waals surface area contributed by atoms with Crippen LogP contribution in [0.15, 0.2) is 24.0 Å². The van der Waals surface area contributed by atoms with Crippen LogP contribution < -0.4 is 0 Å². The number of hydrogen-bond donors (Lipinski definition) is 0. The van der Waals surface area contributed by atoms with E-state index < -0.39 is 0 Å². The Morgan fingerprint density at radius 2 is 1.80 bits per heavy atom. The molecule has 0 aliphatic carbocycles.